The Balaban J connectivity index is 2.63. The molecule has 0 amide bonds. The fraction of sp³-hybridized carbons (Fsp3) is 0.250. The topological polar surface area (TPSA) is 20.2 Å². The SMILES string of the molecule is Cc1cc(C)c(C(C)(O)c2cccc(F)c2)c(F)c1. The Hall–Kier alpha value is -1.74. The standard InChI is InChI=1S/C16H16F2O/c1-10-7-11(2)15(14(18)8-10)16(3,19)12-5-4-6-13(17)9-12/h4-9,19H,1-3H3. The number of halogens is 2. The number of rotatable bonds is 2. The van der Waals surface area contributed by atoms with Gasteiger partial charge in [-0.25, -0.2) is 8.78 Å². The molecule has 1 atom stereocenters. The molecule has 0 heterocycles. The highest BCUT2D eigenvalue weighted by Crippen LogP contribution is 2.34. The first-order valence-electron chi connectivity index (χ1n) is 6.08. The zero-order valence-electron chi connectivity index (χ0n) is 11.2. The summed E-state index contributed by atoms with van der Waals surface area (Å²) < 4.78 is 27.4. The predicted molar refractivity (Wildman–Crippen MR) is 70.9 cm³/mol. The Morgan fingerprint density at radius 1 is 1.05 bits per heavy atom. The van der Waals surface area contributed by atoms with Crippen molar-refractivity contribution in [2.75, 3.05) is 0 Å². The van der Waals surface area contributed by atoms with Gasteiger partial charge in [0.2, 0.25) is 0 Å². The van der Waals surface area contributed by atoms with Gasteiger partial charge in [0, 0.05) is 5.56 Å². The van der Waals surface area contributed by atoms with E-state index in [4.69, 9.17) is 0 Å². The van der Waals surface area contributed by atoms with Crippen LogP contribution in [-0.4, -0.2) is 5.11 Å². The van der Waals surface area contributed by atoms with Gasteiger partial charge in [0.05, 0.1) is 0 Å². The largest absolute Gasteiger partial charge is 0.381 e. The number of benzene rings is 2. The molecule has 0 radical (unpaired) electrons. The third-order valence-electron chi connectivity index (χ3n) is 3.31. The summed E-state index contributed by atoms with van der Waals surface area (Å²) in [6.07, 6.45) is 0. The van der Waals surface area contributed by atoms with Crippen molar-refractivity contribution >= 4 is 0 Å². The van der Waals surface area contributed by atoms with Gasteiger partial charge in [-0.1, -0.05) is 18.2 Å². The summed E-state index contributed by atoms with van der Waals surface area (Å²) in [5.41, 5.74) is 0.381. The first-order chi connectivity index (χ1) is 8.82. The normalized spacial score (nSPS) is 14.2. The molecule has 0 bridgehead atoms. The third kappa shape index (κ3) is 2.51. The van der Waals surface area contributed by atoms with E-state index in [1.807, 2.05) is 0 Å². The lowest BCUT2D eigenvalue weighted by Crippen LogP contribution is -2.26. The van der Waals surface area contributed by atoms with Crippen molar-refractivity contribution in [2.24, 2.45) is 0 Å². The molecule has 2 rings (SSSR count). The van der Waals surface area contributed by atoms with Crippen LogP contribution in [-0.2, 0) is 5.60 Å². The van der Waals surface area contributed by atoms with Crippen molar-refractivity contribution in [2.45, 2.75) is 26.4 Å². The average Bonchev–Trinajstić information content (AvgIpc) is 2.26. The van der Waals surface area contributed by atoms with E-state index in [1.54, 1.807) is 26.0 Å². The van der Waals surface area contributed by atoms with Gasteiger partial charge >= 0.3 is 0 Å². The number of hydrogen-bond donors (Lipinski definition) is 1. The summed E-state index contributed by atoms with van der Waals surface area (Å²) in [6.45, 7) is 5.00. The predicted octanol–water partition coefficient (Wildman–Crippen LogP) is 3.84. The minimum Gasteiger partial charge on any atom is -0.381 e. The van der Waals surface area contributed by atoms with Gasteiger partial charge in [-0.15, -0.1) is 0 Å². The molecule has 0 aromatic heterocycles. The Morgan fingerprint density at radius 2 is 1.74 bits per heavy atom. The van der Waals surface area contributed by atoms with Crippen molar-refractivity contribution in [3.8, 4) is 0 Å². The maximum Gasteiger partial charge on any atom is 0.130 e. The fourth-order valence-electron chi connectivity index (χ4n) is 2.47. The molecule has 1 unspecified atom stereocenters. The molecule has 0 aliphatic carbocycles. The van der Waals surface area contributed by atoms with Gasteiger partial charge in [-0.05, 0) is 55.7 Å². The number of aliphatic hydroxyl groups is 1. The van der Waals surface area contributed by atoms with Crippen LogP contribution >= 0.6 is 0 Å². The van der Waals surface area contributed by atoms with Gasteiger partial charge in [-0.3, -0.25) is 0 Å². The molecule has 0 saturated carbocycles. The van der Waals surface area contributed by atoms with E-state index in [2.05, 4.69) is 0 Å². The van der Waals surface area contributed by atoms with Crippen LogP contribution in [0.4, 0.5) is 8.78 Å². The minimum absolute atomic E-state index is 0.184. The molecule has 0 saturated heterocycles. The van der Waals surface area contributed by atoms with Crippen LogP contribution in [0.15, 0.2) is 36.4 Å². The van der Waals surface area contributed by atoms with Crippen LogP contribution in [0.3, 0.4) is 0 Å². The quantitative estimate of drug-likeness (QED) is 0.872. The summed E-state index contributed by atoms with van der Waals surface area (Å²) in [7, 11) is 0. The summed E-state index contributed by atoms with van der Waals surface area (Å²) in [6, 6.07) is 8.77. The van der Waals surface area contributed by atoms with Crippen molar-refractivity contribution in [1.82, 2.24) is 0 Å². The van der Waals surface area contributed by atoms with Gasteiger partial charge < -0.3 is 5.11 Å². The molecule has 0 spiro atoms. The molecule has 0 aliphatic heterocycles. The monoisotopic (exact) mass is 262 g/mol. The highest BCUT2D eigenvalue weighted by Gasteiger charge is 2.30. The Bertz CT molecular complexity index is 595. The van der Waals surface area contributed by atoms with Gasteiger partial charge in [0.1, 0.15) is 17.2 Å². The van der Waals surface area contributed by atoms with Crippen LogP contribution in [0.25, 0.3) is 0 Å². The molecule has 1 N–H and O–H groups in total. The minimum atomic E-state index is -1.57. The maximum absolute atomic E-state index is 14.1. The lowest BCUT2D eigenvalue weighted by Gasteiger charge is -2.27. The van der Waals surface area contributed by atoms with Crippen molar-refractivity contribution in [3.05, 3.63) is 70.3 Å². The summed E-state index contributed by atoms with van der Waals surface area (Å²) >= 11 is 0. The van der Waals surface area contributed by atoms with Crippen molar-refractivity contribution in [3.63, 3.8) is 0 Å². The van der Waals surface area contributed by atoms with E-state index in [-0.39, 0.29) is 5.56 Å². The number of aryl methyl sites for hydroxylation is 2. The second-order valence-corrected chi connectivity index (χ2v) is 5.02. The molecule has 3 heteroatoms. The van der Waals surface area contributed by atoms with Crippen LogP contribution in [0, 0.1) is 25.5 Å². The van der Waals surface area contributed by atoms with E-state index in [0.29, 0.717) is 11.1 Å². The van der Waals surface area contributed by atoms with Gasteiger partial charge in [0.25, 0.3) is 0 Å². The van der Waals surface area contributed by atoms with E-state index in [0.717, 1.165) is 5.56 Å². The van der Waals surface area contributed by atoms with Crippen LogP contribution in [0.2, 0.25) is 0 Å². The van der Waals surface area contributed by atoms with E-state index in [9.17, 15) is 13.9 Å². The Kier molecular flexibility index (Phi) is 3.42. The van der Waals surface area contributed by atoms with Crippen molar-refractivity contribution in [1.29, 1.82) is 0 Å². The first kappa shape index (κ1) is 13.7. The summed E-state index contributed by atoms with van der Waals surface area (Å²) in [4.78, 5) is 0. The molecule has 1 nitrogen and oxygen atoms in total. The smallest absolute Gasteiger partial charge is 0.130 e. The molecule has 100 valence electrons. The zero-order chi connectivity index (χ0) is 14.2. The maximum atomic E-state index is 14.1. The second-order valence-electron chi connectivity index (χ2n) is 5.02. The fourth-order valence-corrected chi connectivity index (χ4v) is 2.47. The van der Waals surface area contributed by atoms with Gasteiger partial charge in [-0.2, -0.15) is 0 Å². The highest BCUT2D eigenvalue weighted by atomic mass is 19.1. The van der Waals surface area contributed by atoms with Crippen LogP contribution in [0.1, 0.15) is 29.2 Å². The average molecular weight is 262 g/mol. The zero-order valence-corrected chi connectivity index (χ0v) is 11.2. The van der Waals surface area contributed by atoms with E-state index < -0.39 is 17.2 Å². The molecule has 19 heavy (non-hydrogen) atoms. The van der Waals surface area contributed by atoms with Crippen LogP contribution in [0.5, 0.6) is 0 Å². The van der Waals surface area contributed by atoms with Crippen LogP contribution < -0.4 is 0 Å². The first-order valence-corrected chi connectivity index (χ1v) is 6.08. The van der Waals surface area contributed by atoms with E-state index >= 15 is 0 Å². The van der Waals surface area contributed by atoms with Crippen molar-refractivity contribution < 1.29 is 13.9 Å². The second kappa shape index (κ2) is 4.74. The Morgan fingerprint density at radius 3 is 2.32 bits per heavy atom. The number of hydrogen-bond acceptors (Lipinski definition) is 1. The highest BCUT2D eigenvalue weighted by molar-refractivity contribution is 5.42. The lowest BCUT2D eigenvalue weighted by molar-refractivity contribution is 0.0968. The molecule has 0 fully saturated rings. The summed E-state index contributed by atoms with van der Waals surface area (Å²) in [5, 5.41) is 10.6. The van der Waals surface area contributed by atoms with Gasteiger partial charge in [0.15, 0.2) is 0 Å². The molecule has 2 aromatic carbocycles. The molecular weight excluding hydrogens is 246 g/mol. The lowest BCUT2D eigenvalue weighted by atomic mass is 9.84. The van der Waals surface area contributed by atoms with E-state index in [1.165, 1.54) is 31.2 Å². The Labute approximate surface area is 111 Å². The molecule has 0 aliphatic rings. The summed E-state index contributed by atoms with van der Waals surface area (Å²) in [5.74, 6) is -0.935. The third-order valence-corrected chi connectivity index (χ3v) is 3.31. The molecule has 2 aromatic rings. The molecular formula is C16H16F2O.